The van der Waals surface area contributed by atoms with Crippen molar-refractivity contribution in [1.29, 1.82) is 0 Å². The lowest BCUT2D eigenvalue weighted by Crippen LogP contribution is -2.51. The first kappa shape index (κ1) is 25.1. The zero-order valence-corrected chi connectivity index (χ0v) is 21.0. The molecule has 188 valence electrons. The van der Waals surface area contributed by atoms with E-state index >= 15 is 0 Å². The van der Waals surface area contributed by atoms with Crippen LogP contribution >= 0.6 is 0 Å². The summed E-state index contributed by atoms with van der Waals surface area (Å²) in [6.07, 6.45) is 1.78. The molecule has 3 heterocycles. The topological polar surface area (TPSA) is 122 Å². The lowest BCUT2D eigenvalue weighted by Gasteiger charge is -2.33. The maximum absolute atomic E-state index is 13.3. The van der Waals surface area contributed by atoms with Crippen molar-refractivity contribution in [2.75, 3.05) is 31.1 Å². The van der Waals surface area contributed by atoms with Gasteiger partial charge in [0.25, 0.3) is 0 Å². The molecule has 11 heteroatoms. The third-order valence-corrected chi connectivity index (χ3v) is 8.37. The largest absolute Gasteiger partial charge is 0.444 e. The van der Waals surface area contributed by atoms with Gasteiger partial charge >= 0.3 is 6.09 Å². The molecule has 2 fully saturated rings. The van der Waals surface area contributed by atoms with Crippen molar-refractivity contribution in [3.8, 4) is 0 Å². The molecule has 0 unspecified atom stereocenters. The average Bonchev–Trinajstić information content (AvgIpc) is 2.78. The summed E-state index contributed by atoms with van der Waals surface area (Å²) in [5.41, 5.74) is -0.0709. The van der Waals surface area contributed by atoms with Crippen molar-refractivity contribution in [2.24, 2.45) is 5.92 Å². The van der Waals surface area contributed by atoms with Crippen molar-refractivity contribution in [1.82, 2.24) is 20.4 Å². The Bertz CT molecular complexity index is 1150. The first-order valence-corrected chi connectivity index (χ1v) is 13.3. The Morgan fingerprint density at radius 3 is 2.26 bits per heavy atom. The number of carbonyl (C=O) groups excluding carboxylic acids is 2. The van der Waals surface area contributed by atoms with E-state index in [1.807, 2.05) is 0 Å². The van der Waals surface area contributed by atoms with Crippen LogP contribution in [0.1, 0.15) is 33.6 Å². The van der Waals surface area contributed by atoms with E-state index in [2.05, 4.69) is 15.5 Å². The normalized spacial score (nSPS) is 17.5. The summed E-state index contributed by atoms with van der Waals surface area (Å²) in [7, 11) is -3.60. The summed E-state index contributed by atoms with van der Waals surface area (Å²) in [6.45, 7) is 7.21. The van der Waals surface area contributed by atoms with E-state index in [9.17, 15) is 18.0 Å². The van der Waals surface area contributed by atoms with Crippen LogP contribution in [0.4, 0.5) is 16.3 Å². The number of nitrogens with zero attached hydrogens (tertiary/aromatic N) is 4. The molecule has 2 aromatic rings. The number of piperidine rings is 1. The molecule has 2 saturated heterocycles. The SMILES string of the molecule is CC(C)(C)OC(=O)N1CCC(S(=O)(=O)c2ccc(N(C(=O)C3CNC3)c3cccnn3)cc2)CC1. The molecule has 2 amide bonds. The fraction of sp³-hybridized carbons (Fsp3) is 0.500. The Balaban J connectivity index is 1.48. The third kappa shape index (κ3) is 5.62. The fourth-order valence-electron chi connectivity index (χ4n) is 4.08. The molecule has 10 nitrogen and oxygen atoms in total. The van der Waals surface area contributed by atoms with Crippen molar-refractivity contribution >= 4 is 33.3 Å². The van der Waals surface area contributed by atoms with Gasteiger partial charge in [-0.2, -0.15) is 5.10 Å². The summed E-state index contributed by atoms with van der Waals surface area (Å²) in [5, 5.41) is 10.5. The van der Waals surface area contributed by atoms with Crippen LogP contribution in [-0.2, 0) is 19.4 Å². The lowest BCUT2D eigenvalue weighted by molar-refractivity contribution is -0.123. The first-order chi connectivity index (χ1) is 16.6. The van der Waals surface area contributed by atoms with Crippen LogP contribution < -0.4 is 10.2 Å². The van der Waals surface area contributed by atoms with Crippen LogP contribution in [0.5, 0.6) is 0 Å². The minimum Gasteiger partial charge on any atom is -0.444 e. The lowest BCUT2D eigenvalue weighted by atomic mass is 10.0. The third-order valence-electron chi connectivity index (χ3n) is 6.09. The smallest absolute Gasteiger partial charge is 0.410 e. The highest BCUT2D eigenvalue weighted by Crippen LogP contribution is 2.30. The van der Waals surface area contributed by atoms with E-state index in [0.29, 0.717) is 50.5 Å². The molecule has 4 rings (SSSR count). The molecule has 1 aromatic heterocycles. The van der Waals surface area contributed by atoms with E-state index in [-0.39, 0.29) is 16.7 Å². The van der Waals surface area contributed by atoms with Crippen molar-refractivity contribution < 1.29 is 22.7 Å². The Hall–Kier alpha value is -3.05. The van der Waals surface area contributed by atoms with Crippen LogP contribution in [0.3, 0.4) is 0 Å². The van der Waals surface area contributed by atoms with Gasteiger partial charge in [-0.3, -0.25) is 9.69 Å². The monoisotopic (exact) mass is 501 g/mol. The maximum Gasteiger partial charge on any atom is 0.410 e. The molecule has 0 radical (unpaired) electrons. The number of carbonyl (C=O) groups is 2. The van der Waals surface area contributed by atoms with E-state index in [1.165, 1.54) is 23.2 Å². The number of anilines is 2. The number of aromatic nitrogens is 2. The first-order valence-electron chi connectivity index (χ1n) is 11.7. The van der Waals surface area contributed by atoms with E-state index < -0.39 is 26.8 Å². The Morgan fingerprint density at radius 1 is 1.09 bits per heavy atom. The molecule has 2 aliphatic rings. The second-order valence-corrected chi connectivity index (χ2v) is 12.0. The highest BCUT2D eigenvalue weighted by Gasteiger charge is 2.35. The number of hydrogen-bond donors (Lipinski definition) is 1. The zero-order valence-electron chi connectivity index (χ0n) is 20.2. The number of rotatable bonds is 5. The Labute approximate surface area is 205 Å². The van der Waals surface area contributed by atoms with E-state index in [0.717, 1.165) is 0 Å². The molecule has 0 spiro atoms. The maximum atomic E-state index is 13.3. The van der Waals surface area contributed by atoms with Gasteiger partial charge in [0.15, 0.2) is 15.7 Å². The number of likely N-dealkylation sites (tertiary alicyclic amines) is 1. The van der Waals surface area contributed by atoms with Crippen LogP contribution in [0.2, 0.25) is 0 Å². The molecular weight excluding hydrogens is 470 g/mol. The quantitative estimate of drug-likeness (QED) is 0.663. The molecular formula is C24H31N5O5S. The number of sulfone groups is 1. The molecule has 1 N–H and O–H groups in total. The average molecular weight is 502 g/mol. The van der Waals surface area contributed by atoms with Crippen molar-refractivity contribution in [2.45, 2.75) is 49.4 Å². The highest BCUT2D eigenvalue weighted by molar-refractivity contribution is 7.92. The van der Waals surface area contributed by atoms with Gasteiger partial charge in [0.05, 0.1) is 21.8 Å². The molecule has 35 heavy (non-hydrogen) atoms. The molecule has 0 saturated carbocycles. The van der Waals surface area contributed by atoms with Gasteiger partial charge in [-0.25, -0.2) is 13.2 Å². The van der Waals surface area contributed by atoms with Crippen molar-refractivity contribution in [3.05, 3.63) is 42.6 Å². The van der Waals surface area contributed by atoms with Crippen LogP contribution in [0, 0.1) is 5.92 Å². The number of nitrogens with one attached hydrogen (secondary N) is 1. The number of ether oxygens (including phenoxy) is 1. The molecule has 2 aliphatic heterocycles. The van der Waals surface area contributed by atoms with Crippen LogP contribution in [-0.4, -0.2) is 72.5 Å². The van der Waals surface area contributed by atoms with Gasteiger partial charge in [0.2, 0.25) is 5.91 Å². The molecule has 0 atom stereocenters. The summed E-state index contributed by atoms with van der Waals surface area (Å²) in [5.74, 6) is 0.0967. The van der Waals surface area contributed by atoms with Crippen LogP contribution in [0.15, 0.2) is 47.5 Å². The summed E-state index contributed by atoms with van der Waals surface area (Å²) in [4.78, 5) is 28.6. The van der Waals surface area contributed by atoms with Gasteiger partial charge in [-0.1, -0.05) is 0 Å². The fourth-order valence-corrected chi connectivity index (χ4v) is 5.82. The molecule has 0 aliphatic carbocycles. The predicted octanol–water partition coefficient (Wildman–Crippen LogP) is 2.53. The summed E-state index contributed by atoms with van der Waals surface area (Å²) < 4.78 is 32.0. The zero-order chi connectivity index (χ0) is 25.2. The van der Waals surface area contributed by atoms with E-state index in [1.54, 1.807) is 49.9 Å². The standard InChI is InChI=1S/C24H31N5O5S/c1-24(2,3)34-23(31)28-13-10-20(11-14-28)35(32,33)19-8-6-18(7-9-19)29(21-5-4-12-26-27-21)22(30)17-15-25-16-17/h4-9,12,17,20,25H,10-11,13-16H2,1-3H3. The second kappa shape index (κ2) is 9.90. The van der Waals surface area contributed by atoms with Gasteiger partial charge in [-0.05, 0) is 70.0 Å². The molecule has 0 bridgehead atoms. The number of benzene rings is 1. The minimum atomic E-state index is -3.60. The van der Waals surface area contributed by atoms with Gasteiger partial charge in [-0.15, -0.1) is 5.10 Å². The minimum absolute atomic E-state index is 0.116. The molecule has 1 aromatic carbocycles. The summed E-state index contributed by atoms with van der Waals surface area (Å²) >= 11 is 0. The van der Waals surface area contributed by atoms with Crippen molar-refractivity contribution in [3.63, 3.8) is 0 Å². The Morgan fingerprint density at radius 2 is 1.74 bits per heavy atom. The van der Waals surface area contributed by atoms with E-state index in [4.69, 9.17) is 4.74 Å². The number of hydrogen-bond acceptors (Lipinski definition) is 8. The van der Waals surface area contributed by atoms with Gasteiger partial charge in [0.1, 0.15) is 5.60 Å². The Kier molecular flexibility index (Phi) is 7.09. The van der Waals surface area contributed by atoms with Gasteiger partial charge in [0, 0.05) is 32.4 Å². The summed E-state index contributed by atoms with van der Waals surface area (Å²) in [6, 6.07) is 9.70. The van der Waals surface area contributed by atoms with Gasteiger partial charge < -0.3 is 15.0 Å². The predicted molar refractivity (Wildman–Crippen MR) is 130 cm³/mol. The second-order valence-electron chi connectivity index (χ2n) is 9.82. The van der Waals surface area contributed by atoms with Crippen LogP contribution in [0.25, 0.3) is 0 Å². The number of amides is 2. The highest BCUT2D eigenvalue weighted by atomic mass is 32.2.